The minimum absolute atomic E-state index is 0.0801. The lowest BCUT2D eigenvalue weighted by atomic mass is 9.98. The van der Waals surface area contributed by atoms with Crippen LogP contribution in [-0.4, -0.2) is 28.3 Å². The van der Waals surface area contributed by atoms with E-state index >= 15 is 0 Å². The number of hydrogen-bond donors (Lipinski definition) is 2. The molecule has 1 saturated heterocycles. The lowest BCUT2D eigenvalue weighted by Gasteiger charge is -2.20. The molecule has 3 aromatic carbocycles. The monoisotopic (exact) mass is 470 g/mol. The standard InChI is InChI=1S/C27H23FN4O3/c1-35-24-9-8-19(13-22(24)28)32-26(23-3-2-10-30-23)31-25-20(18-6-4-16(15-33)5-7-18)11-17(14-29)12-21(25)27(32)34/h4-9,11-13,23,30,33H,2-3,10,15H2,1H3. The van der Waals surface area contributed by atoms with Crippen molar-refractivity contribution in [3.63, 3.8) is 0 Å². The van der Waals surface area contributed by atoms with Gasteiger partial charge in [0.2, 0.25) is 0 Å². The Morgan fingerprint density at radius 3 is 2.66 bits per heavy atom. The number of halogens is 1. The van der Waals surface area contributed by atoms with Gasteiger partial charge in [-0.1, -0.05) is 24.3 Å². The number of nitrogens with zero attached hydrogens (tertiary/aromatic N) is 3. The highest BCUT2D eigenvalue weighted by molar-refractivity contribution is 5.94. The van der Waals surface area contributed by atoms with Crippen molar-refractivity contribution in [1.29, 1.82) is 5.26 Å². The fourth-order valence-electron chi connectivity index (χ4n) is 4.56. The molecular weight excluding hydrogens is 447 g/mol. The van der Waals surface area contributed by atoms with Gasteiger partial charge in [0.05, 0.1) is 48.0 Å². The van der Waals surface area contributed by atoms with Crippen LogP contribution in [0.15, 0.2) is 59.4 Å². The Morgan fingerprint density at radius 2 is 2.03 bits per heavy atom. The molecule has 5 rings (SSSR count). The zero-order valence-corrected chi connectivity index (χ0v) is 19.1. The second-order valence-electron chi connectivity index (χ2n) is 8.47. The third kappa shape index (κ3) is 4.05. The molecule has 0 spiro atoms. The summed E-state index contributed by atoms with van der Waals surface area (Å²) in [5.74, 6) is -0.0169. The van der Waals surface area contributed by atoms with Crippen LogP contribution in [0.2, 0.25) is 0 Å². The van der Waals surface area contributed by atoms with Crippen LogP contribution in [0.4, 0.5) is 4.39 Å². The number of aliphatic hydroxyl groups is 1. The molecule has 0 aliphatic carbocycles. The van der Waals surface area contributed by atoms with Crippen molar-refractivity contribution in [2.24, 2.45) is 0 Å². The van der Waals surface area contributed by atoms with Crippen LogP contribution in [0.3, 0.4) is 0 Å². The van der Waals surface area contributed by atoms with Gasteiger partial charge in [-0.15, -0.1) is 0 Å². The molecule has 2 N–H and O–H groups in total. The average Bonchev–Trinajstić information content (AvgIpc) is 3.43. The molecule has 1 aromatic heterocycles. The maximum Gasteiger partial charge on any atom is 0.266 e. The number of methoxy groups -OCH3 is 1. The number of nitrogens with one attached hydrogen (secondary N) is 1. The number of ether oxygens (including phenoxy) is 1. The summed E-state index contributed by atoms with van der Waals surface area (Å²) in [6, 6.07) is 16.8. The number of nitriles is 1. The Morgan fingerprint density at radius 1 is 1.23 bits per heavy atom. The first-order chi connectivity index (χ1) is 17.0. The summed E-state index contributed by atoms with van der Waals surface area (Å²) < 4.78 is 21.1. The lowest BCUT2D eigenvalue weighted by molar-refractivity contribution is 0.282. The third-order valence-corrected chi connectivity index (χ3v) is 6.34. The number of fused-ring (bicyclic) bond motifs is 1. The number of hydrogen-bond acceptors (Lipinski definition) is 6. The molecule has 1 aliphatic rings. The molecule has 4 aromatic rings. The predicted octanol–water partition coefficient (Wildman–Crippen LogP) is 3.99. The zero-order valence-electron chi connectivity index (χ0n) is 19.1. The molecule has 0 bridgehead atoms. The SMILES string of the molecule is COc1ccc(-n2c(C3CCCN3)nc3c(-c4ccc(CO)cc4)cc(C#N)cc3c2=O)cc1F. The lowest BCUT2D eigenvalue weighted by Crippen LogP contribution is -2.29. The van der Waals surface area contributed by atoms with Gasteiger partial charge in [0, 0.05) is 11.6 Å². The largest absolute Gasteiger partial charge is 0.494 e. The second kappa shape index (κ2) is 9.29. The topological polar surface area (TPSA) is 100 Å². The molecule has 1 fully saturated rings. The van der Waals surface area contributed by atoms with Crippen LogP contribution in [0.25, 0.3) is 27.7 Å². The minimum Gasteiger partial charge on any atom is -0.494 e. The van der Waals surface area contributed by atoms with Gasteiger partial charge in [0.15, 0.2) is 11.6 Å². The van der Waals surface area contributed by atoms with Crippen LogP contribution >= 0.6 is 0 Å². The fraction of sp³-hybridized carbons (Fsp3) is 0.222. The van der Waals surface area contributed by atoms with Crippen molar-refractivity contribution in [3.05, 3.63) is 87.7 Å². The van der Waals surface area contributed by atoms with Crippen molar-refractivity contribution in [3.8, 4) is 28.6 Å². The molecule has 0 amide bonds. The number of benzene rings is 3. The molecule has 1 aliphatic heterocycles. The van der Waals surface area contributed by atoms with E-state index in [9.17, 15) is 19.6 Å². The van der Waals surface area contributed by atoms with E-state index in [4.69, 9.17) is 9.72 Å². The van der Waals surface area contributed by atoms with Gasteiger partial charge in [0.1, 0.15) is 5.82 Å². The van der Waals surface area contributed by atoms with Gasteiger partial charge in [0.25, 0.3) is 5.56 Å². The predicted molar refractivity (Wildman–Crippen MR) is 130 cm³/mol. The summed E-state index contributed by atoms with van der Waals surface area (Å²) >= 11 is 0. The smallest absolute Gasteiger partial charge is 0.266 e. The first kappa shape index (κ1) is 22.7. The van der Waals surface area contributed by atoms with Crippen molar-refractivity contribution in [2.45, 2.75) is 25.5 Å². The third-order valence-electron chi connectivity index (χ3n) is 6.34. The van der Waals surface area contributed by atoms with Crippen molar-refractivity contribution in [2.75, 3.05) is 13.7 Å². The molecular formula is C27H23FN4O3. The first-order valence-corrected chi connectivity index (χ1v) is 11.3. The highest BCUT2D eigenvalue weighted by Crippen LogP contribution is 2.32. The zero-order chi connectivity index (χ0) is 24.5. The Labute approximate surface area is 201 Å². The number of rotatable bonds is 5. The van der Waals surface area contributed by atoms with Crippen LogP contribution in [0, 0.1) is 17.1 Å². The molecule has 0 saturated carbocycles. The molecule has 35 heavy (non-hydrogen) atoms. The summed E-state index contributed by atoms with van der Waals surface area (Å²) in [5.41, 5.74) is 2.91. The van der Waals surface area contributed by atoms with Crippen molar-refractivity contribution in [1.82, 2.24) is 14.9 Å². The van der Waals surface area contributed by atoms with E-state index in [1.165, 1.54) is 29.9 Å². The minimum atomic E-state index is -0.585. The maximum absolute atomic E-state index is 14.6. The maximum atomic E-state index is 14.6. The van der Waals surface area contributed by atoms with E-state index in [1.807, 2.05) is 12.1 Å². The molecule has 8 heteroatoms. The van der Waals surface area contributed by atoms with Gasteiger partial charge in [-0.25, -0.2) is 9.37 Å². The van der Waals surface area contributed by atoms with Crippen LogP contribution in [0.1, 0.15) is 35.8 Å². The van der Waals surface area contributed by atoms with E-state index in [1.54, 1.807) is 24.3 Å². The van der Waals surface area contributed by atoms with Gasteiger partial charge in [-0.05, 0) is 54.8 Å². The highest BCUT2D eigenvalue weighted by atomic mass is 19.1. The van der Waals surface area contributed by atoms with E-state index in [0.29, 0.717) is 28.2 Å². The van der Waals surface area contributed by atoms with Gasteiger partial charge >= 0.3 is 0 Å². The van der Waals surface area contributed by atoms with Crippen LogP contribution in [0.5, 0.6) is 5.75 Å². The Bertz CT molecular complexity index is 1520. The molecule has 176 valence electrons. The van der Waals surface area contributed by atoms with Crippen molar-refractivity contribution >= 4 is 10.9 Å². The van der Waals surface area contributed by atoms with Gasteiger partial charge in [-0.2, -0.15) is 5.26 Å². The Hall–Kier alpha value is -4.06. The van der Waals surface area contributed by atoms with Crippen LogP contribution in [-0.2, 0) is 6.61 Å². The van der Waals surface area contributed by atoms with E-state index in [0.717, 1.165) is 30.5 Å². The van der Waals surface area contributed by atoms with Gasteiger partial charge in [-0.3, -0.25) is 9.36 Å². The summed E-state index contributed by atoms with van der Waals surface area (Å²) in [4.78, 5) is 18.9. The number of aromatic nitrogens is 2. The molecule has 2 heterocycles. The summed E-state index contributed by atoms with van der Waals surface area (Å²) in [6.45, 7) is 0.705. The van der Waals surface area contributed by atoms with E-state index < -0.39 is 5.82 Å². The number of aliphatic hydroxyl groups excluding tert-OH is 1. The molecule has 1 atom stereocenters. The quantitative estimate of drug-likeness (QED) is 0.458. The normalized spacial score (nSPS) is 15.3. The summed E-state index contributed by atoms with van der Waals surface area (Å²) in [7, 11) is 1.38. The second-order valence-corrected chi connectivity index (χ2v) is 8.47. The fourth-order valence-corrected chi connectivity index (χ4v) is 4.56. The van der Waals surface area contributed by atoms with E-state index in [2.05, 4.69) is 11.4 Å². The van der Waals surface area contributed by atoms with E-state index in [-0.39, 0.29) is 29.3 Å². The summed E-state index contributed by atoms with van der Waals surface area (Å²) in [5, 5.41) is 22.7. The van der Waals surface area contributed by atoms with Gasteiger partial charge < -0.3 is 15.2 Å². The highest BCUT2D eigenvalue weighted by Gasteiger charge is 2.25. The Kier molecular flexibility index (Phi) is 6.03. The first-order valence-electron chi connectivity index (χ1n) is 11.3. The molecule has 0 radical (unpaired) electrons. The summed E-state index contributed by atoms with van der Waals surface area (Å²) in [6.07, 6.45) is 1.71. The Balaban J connectivity index is 1.83. The average molecular weight is 471 g/mol. The van der Waals surface area contributed by atoms with Crippen LogP contribution < -0.4 is 15.6 Å². The molecule has 7 nitrogen and oxygen atoms in total. The van der Waals surface area contributed by atoms with Crippen molar-refractivity contribution < 1.29 is 14.2 Å². The molecule has 1 unspecified atom stereocenters.